The lowest BCUT2D eigenvalue weighted by atomic mass is 9.99. The van der Waals surface area contributed by atoms with Crippen LogP contribution in [-0.2, 0) is 14.8 Å². The van der Waals surface area contributed by atoms with Gasteiger partial charge in [0.1, 0.15) is 11.8 Å². The summed E-state index contributed by atoms with van der Waals surface area (Å²) in [6.45, 7) is 3.13. The molecule has 0 spiro atoms. The second-order valence-corrected chi connectivity index (χ2v) is 10.5. The van der Waals surface area contributed by atoms with Crippen molar-refractivity contribution in [3.8, 4) is 5.75 Å². The van der Waals surface area contributed by atoms with Crippen molar-refractivity contribution in [2.75, 3.05) is 25.5 Å². The van der Waals surface area contributed by atoms with Gasteiger partial charge in [0.15, 0.2) is 0 Å². The van der Waals surface area contributed by atoms with Gasteiger partial charge in [0.25, 0.3) is 0 Å². The molecule has 0 saturated carbocycles. The molecule has 0 aromatic heterocycles. The molecule has 1 aliphatic rings. The van der Waals surface area contributed by atoms with Gasteiger partial charge in [-0.2, -0.15) is 0 Å². The first-order chi connectivity index (χ1) is 16.9. The molecule has 0 radical (unpaired) electrons. The molecule has 3 aromatic rings. The molecule has 0 aliphatic carbocycles. The molecule has 8 heteroatoms. The predicted octanol–water partition coefficient (Wildman–Crippen LogP) is 4.13. The van der Waals surface area contributed by atoms with Crippen LogP contribution in [0.4, 0.5) is 5.69 Å². The van der Waals surface area contributed by atoms with Crippen LogP contribution in [0.5, 0.6) is 5.75 Å². The van der Waals surface area contributed by atoms with E-state index in [1.807, 2.05) is 55.5 Å². The average molecular weight is 494 g/mol. The fourth-order valence-corrected chi connectivity index (χ4v) is 5.77. The van der Waals surface area contributed by atoms with Gasteiger partial charge in [-0.05, 0) is 55.2 Å². The van der Waals surface area contributed by atoms with Gasteiger partial charge in [-0.15, -0.1) is 0 Å². The molecule has 3 aromatic carbocycles. The fourth-order valence-electron chi connectivity index (χ4n) is 4.45. The number of nitrogens with zero attached hydrogens (tertiary/aromatic N) is 1. The van der Waals surface area contributed by atoms with E-state index in [0.29, 0.717) is 37.4 Å². The molecular weight excluding hydrogens is 462 g/mol. The Kier molecular flexibility index (Phi) is 7.85. The van der Waals surface area contributed by atoms with Gasteiger partial charge in [-0.25, -0.2) is 13.1 Å². The molecular formula is C27H31N3O4S. The molecule has 184 valence electrons. The molecule has 1 saturated heterocycles. The Labute approximate surface area is 207 Å². The zero-order valence-corrected chi connectivity index (χ0v) is 20.8. The molecule has 1 amide bonds. The summed E-state index contributed by atoms with van der Waals surface area (Å²) in [5.74, 6) is 0.452. The number of aryl methyl sites for hydroxylation is 1. The van der Waals surface area contributed by atoms with Crippen molar-refractivity contribution in [1.82, 2.24) is 9.62 Å². The second kappa shape index (κ2) is 11.0. The molecule has 1 unspecified atom stereocenters. The number of rotatable bonds is 8. The number of amides is 1. The van der Waals surface area contributed by atoms with Gasteiger partial charge < -0.3 is 10.1 Å². The second-order valence-electron chi connectivity index (χ2n) is 8.75. The summed E-state index contributed by atoms with van der Waals surface area (Å²) >= 11 is 0. The van der Waals surface area contributed by atoms with Crippen molar-refractivity contribution in [2.24, 2.45) is 0 Å². The van der Waals surface area contributed by atoms with Crippen molar-refractivity contribution in [3.63, 3.8) is 0 Å². The molecule has 1 heterocycles. The van der Waals surface area contributed by atoms with E-state index in [9.17, 15) is 13.2 Å². The molecule has 7 nitrogen and oxygen atoms in total. The maximum Gasteiger partial charge on any atom is 0.246 e. The van der Waals surface area contributed by atoms with Crippen LogP contribution >= 0.6 is 0 Å². The standard InChI is InChI=1S/C27H31N3O4S/c1-20-13-14-25(34-2)24(19-20)28-27(31)26(21-9-5-3-6-10-21)30-17-15-22(16-18-30)29-35(32,33)23-11-7-4-8-12-23/h3-14,19,22,26,29H,15-18H2,1-2H3,(H,28,31). The number of anilines is 1. The summed E-state index contributed by atoms with van der Waals surface area (Å²) in [7, 11) is -2.00. The molecule has 1 atom stereocenters. The molecule has 4 rings (SSSR count). The van der Waals surface area contributed by atoms with E-state index in [4.69, 9.17) is 4.74 Å². The Morgan fingerprint density at radius 2 is 1.60 bits per heavy atom. The van der Waals surface area contributed by atoms with Crippen LogP contribution in [-0.4, -0.2) is 45.5 Å². The highest BCUT2D eigenvalue weighted by Gasteiger charge is 2.33. The van der Waals surface area contributed by atoms with Crippen LogP contribution < -0.4 is 14.8 Å². The Balaban J connectivity index is 1.49. The lowest BCUT2D eigenvalue weighted by Gasteiger charge is -2.37. The van der Waals surface area contributed by atoms with Crippen molar-refractivity contribution < 1.29 is 17.9 Å². The SMILES string of the molecule is COc1ccc(C)cc1NC(=O)C(c1ccccc1)N1CCC(NS(=O)(=O)c2ccccc2)CC1. The Morgan fingerprint density at radius 3 is 2.23 bits per heavy atom. The van der Waals surface area contributed by atoms with Crippen LogP contribution in [0.2, 0.25) is 0 Å². The summed E-state index contributed by atoms with van der Waals surface area (Å²) in [6.07, 6.45) is 1.22. The monoisotopic (exact) mass is 493 g/mol. The minimum atomic E-state index is -3.58. The maximum atomic E-state index is 13.6. The van der Waals surface area contributed by atoms with E-state index in [-0.39, 0.29) is 16.8 Å². The number of benzene rings is 3. The highest BCUT2D eigenvalue weighted by atomic mass is 32.2. The highest BCUT2D eigenvalue weighted by Crippen LogP contribution is 2.30. The first-order valence-corrected chi connectivity index (χ1v) is 13.2. The largest absolute Gasteiger partial charge is 0.495 e. The van der Waals surface area contributed by atoms with Gasteiger partial charge in [-0.1, -0.05) is 54.6 Å². The van der Waals surface area contributed by atoms with Gasteiger partial charge >= 0.3 is 0 Å². The first kappa shape index (κ1) is 24.9. The van der Waals surface area contributed by atoms with Gasteiger partial charge in [0, 0.05) is 19.1 Å². The predicted molar refractivity (Wildman–Crippen MR) is 137 cm³/mol. The average Bonchev–Trinajstić information content (AvgIpc) is 2.86. The minimum absolute atomic E-state index is 0.150. The summed E-state index contributed by atoms with van der Waals surface area (Å²) in [4.78, 5) is 15.9. The summed E-state index contributed by atoms with van der Waals surface area (Å²) in [5, 5.41) is 3.05. The number of carbonyl (C=O) groups is 1. The van der Waals surface area contributed by atoms with Crippen molar-refractivity contribution in [2.45, 2.75) is 36.7 Å². The fraction of sp³-hybridized carbons (Fsp3) is 0.296. The molecule has 1 fully saturated rings. The molecule has 35 heavy (non-hydrogen) atoms. The smallest absolute Gasteiger partial charge is 0.246 e. The van der Waals surface area contributed by atoms with E-state index < -0.39 is 16.1 Å². The normalized spacial score (nSPS) is 15.9. The summed E-state index contributed by atoms with van der Waals surface area (Å²) in [6, 6.07) is 23.0. The number of sulfonamides is 1. The number of carbonyl (C=O) groups excluding carboxylic acids is 1. The Bertz CT molecular complexity index is 1240. The molecule has 2 N–H and O–H groups in total. The third kappa shape index (κ3) is 6.08. The van der Waals surface area contributed by atoms with Crippen molar-refractivity contribution >= 4 is 21.6 Å². The third-order valence-corrected chi connectivity index (χ3v) is 7.78. The number of nitrogens with one attached hydrogen (secondary N) is 2. The zero-order chi connectivity index (χ0) is 24.8. The summed E-state index contributed by atoms with van der Waals surface area (Å²) < 4.78 is 33.7. The number of methoxy groups -OCH3 is 1. The lowest BCUT2D eigenvalue weighted by molar-refractivity contribution is -0.122. The van der Waals surface area contributed by atoms with Crippen LogP contribution in [0.3, 0.4) is 0 Å². The Hall–Kier alpha value is -3.20. The van der Waals surface area contributed by atoms with E-state index in [0.717, 1.165) is 11.1 Å². The topological polar surface area (TPSA) is 87.7 Å². The number of ether oxygens (including phenoxy) is 1. The van der Waals surface area contributed by atoms with Gasteiger partial charge in [0.2, 0.25) is 15.9 Å². The molecule has 1 aliphatic heterocycles. The number of likely N-dealkylation sites (tertiary alicyclic amines) is 1. The van der Waals surface area contributed by atoms with E-state index in [1.54, 1.807) is 37.4 Å². The van der Waals surface area contributed by atoms with Crippen LogP contribution in [0.15, 0.2) is 83.8 Å². The lowest BCUT2D eigenvalue weighted by Crippen LogP contribution is -2.47. The van der Waals surface area contributed by atoms with Crippen molar-refractivity contribution in [1.29, 1.82) is 0 Å². The first-order valence-electron chi connectivity index (χ1n) is 11.7. The summed E-state index contributed by atoms with van der Waals surface area (Å²) in [5.41, 5.74) is 2.53. The third-order valence-electron chi connectivity index (χ3n) is 6.25. The van der Waals surface area contributed by atoms with Gasteiger partial charge in [-0.3, -0.25) is 9.69 Å². The van der Waals surface area contributed by atoms with Crippen LogP contribution in [0.1, 0.15) is 30.0 Å². The van der Waals surface area contributed by atoms with E-state index in [2.05, 4.69) is 14.9 Å². The van der Waals surface area contributed by atoms with Crippen molar-refractivity contribution in [3.05, 3.63) is 90.0 Å². The van der Waals surface area contributed by atoms with Crippen LogP contribution in [0.25, 0.3) is 0 Å². The van der Waals surface area contributed by atoms with E-state index in [1.165, 1.54) is 0 Å². The highest BCUT2D eigenvalue weighted by molar-refractivity contribution is 7.89. The number of hydrogen-bond acceptors (Lipinski definition) is 5. The zero-order valence-electron chi connectivity index (χ0n) is 20.0. The van der Waals surface area contributed by atoms with E-state index >= 15 is 0 Å². The van der Waals surface area contributed by atoms with Gasteiger partial charge in [0.05, 0.1) is 17.7 Å². The minimum Gasteiger partial charge on any atom is -0.495 e. The Morgan fingerprint density at radius 1 is 0.971 bits per heavy atom. The van der Waals surface area contributed by atoms with Crippen LogP contribution in [0, 0.1) is 6.92 Å². The maximum absolute atomic E-state index is 13.6. The quantitative estimate of drug-likeness (QED) is 0.493. The number of hydrogen-bond donors (Lipinski definition) is 2. The molecule has 0 bridgehead atoms. The number of piperidine rings is 1.